The van der Waals surface area contributed by atoms with Gasteiger partial charge in [-0.15, -0.1) is 0 Å². The van der Waals surface area contributed by atoms with Gasteiger partial charge in [0.2, 0.25) is 0 Å². The fourth-order valence-corrected chi connectivity index (χ4v) is 3.30. The molecular formula is C15H22N4O2. The Kier molecular flexibility index (Phi) is 3.82. The average molecular weight is 290 g/mol. The minimum absolute atomic E-state index is 0.0184. The van der Waals surface area contributed by atoms with Gasteiger partial charge in [-0.2, -0.15) is 0 Å². The maximum absolute atomic E-state index is 11.8. The van der Waals surface area contributed by atoms with E-state index in [2.05, 4.69) is 27.2 Å². The zero-order valence-corrected chi connectivity index (χ0v) is 12.4. The highest BCUT2D eigenvalue weighted by Gasteiger charge is 2.40. The van der Waals surface area contributed by atoms with Crippen LogP contribution in [0.25, 0.3) is 11.0 Å². The third-order valence-corrected chi connectivity index (χ3v) is 4.57. The highest BCUT2D eigenvalue weighted by atomic mass is 16.3. The van der Waals surface area contributed by atoms with Crippen LogP contribution in [0.2, 0.25) is 0 Å². The Balaban J connectivity index is 1.92. The van der Waals surface area contributed by atoms with Gasteiger partial charge in [-0.1, -0.05) is 26.7 Å². The summed E-state index contributed by atoms with van der Waals surface area (Å²) in [6.45, 7) is 4.19. The minimum atomic E-state index is -0.367. The monoisotopic (exact) mass is 290 g/mol. The predicted molar refractivity (Wildman–Crippen MR) is 81.1 cm³/mol. The number of aliphatic hydroxyl groups is 1. The van der Waals surface area contributed by atoms with E-state index in [4.69, 9.17) is 0 Å². The summed E-state index contributed by atoms with van der Waals surface area (Å²) < 4.78 is 0. The average Bonchev–Trinajstić information content (AvgIpc) is 3.02. The summed E-state index contributed by atoms with van der Waals surface area (Å²) in [4.78, 5) is 21.6. The second-order valence-electron chi connectivity index (χ2n) is 5.94. The van der Waals surface area contributed by atoms with Gasteiger partial charge in [-0.25, -0.2) is 4.98 Å². The van der Waals surface area contributed by atoms with E-state index < -0.39 is 0 Å². The van der Waals surface area contributed by atoms with Crippen LogP contribution in [0, 0.1) is 5.92 Å². The van der Waals surface area contributed by atoms with Gasteiger partial charge < -0.3 is 20.4 Å². The molecule has 0 bridgehead atoms. The molecule has 4 atom stereocenters. The molecule has 4 unspecified atom stereocenters. The predicted octanol–water partition coefficient (Wildman–Crippen LogP) is 1.45. The summed E-state index contributed by atoms with van der Waals surface area (Å²) in [6, 6.07) is 0.127. The maximum Gasteiger partial charge on any atom is 0.275 e. The fourth-order valence-electron chi connectivity index (χ4n) is 3.30. The molecule has 0 aliphatic carbocycles. The Hall–Kier alpha value is -1.66. The standard InChI is InChI=1S/C15H22N4O2/c1-3-4-5-10-14(20)8(2)11(19-10)9-6-16-13-12(9)17-7-18-15(13)21/h6-8,10-11,14,16,19-20H,3-5H2,1-2H3,(H,17,18,21). The summed E-state index contributed by atoms with van der Waals surface area (Å²) >= 11 is 0. The number of H-pyrrole nitrogens is 2. The summed E-state index contributed by atoms with van der Waals surface area (Å²) in [5, 5.41) is 13.9. The van der Waals surface area contributed by atoms with Crippen molar-refractivity contribution in [1.82, 2.24) is 20.3 Å². The van der Waals surface area contributed by atoms with Crippen LogP contribution in [0.15, 0.2) is 17.3 Å². The van der Waals surface area contributed by atoms with Crippen molar-refractivity contribution in [3.63, 3.8) is 0 Å². The van der Waals surface area contributed by atoms with Crippen LogP contribution in [0.3, 0.4) is 0 Å². The topological polar surface area (TPSA) is 93.8 Å². The first-order valence-electron chi connectivity index (χ1n) is 7.62. The van der Waals surface area contributed by atoms with Crippen molar-refractivity contribution in [3.8, 4) is 0 Å². The molecule has 0 spiro atoms. The normalized spacial score (nSPS) is 29.3. The molecule has 1 fully saturated rings. The first kappa shape index (κ1) is 14.3. The molecule has 3 rings (SSSR count). The first-order valence-corrected chi connectivity index (χ1v) is 7.62. The largest absolute Gasteiger partial charge is 0.391 e. The molecule has 0 amide bonds. The number of hydrogen-bond acceptors (Lipinski definition) is 4. The van der Waals surface area contributed by atoms with Crippen LogP contribution in [-0.4, -0.2) is 32.2 Å². The van der Waals surface area contributed by atoms with Crippen molar-refractivity contribution < 1.29 is 5.11 Å². The molecule has 0 saturated carbocycles. The molecule has 1 aliphatic heterocycles. The number of aromatic nitrogens is 3. The van der Waals surface area contributed by atoms with Gasteiger partial charge in [-0.05, 0) is 6.42 Å². The molecule has 21 heavy (non-hydrogen) atoms. The number of nitrogens with zero attached hydrogens (tertiary/aromatic N) is 1. The molecule has 6 nitrogen and oxygen atoms in total. The molecule has 6 heteroatoms. The third-order valence-electron chi connectivity index (χ3n) is 4.57. The lowest BCUT2D eigenvalue weighted by molar-refractivity contribution is 0.116. The lowest BCUT2D eigenvalue weighted by Crippen LogP contribution is -2.31. The lowest BCUT2D eigenvalue weighted by Gasteiger charge is -2.15. The third kappa shape index (κ3) is 2.38. The van der Waals surface area contributed by atoms with Crippen molar-refractivity contribution >= 4 is 11.0 Å². The molecule has 1 saturated heterocycles. The van der Waals surface area contributed by atoms with E-state index in [1.807, 2.05) is 13.1 Å². The number of nitrogens with one attached hydrogen (secondary N) is 3. The molecule has 0 radical (unpaired) electrons. The Bertz CT molecular complexity index is 678. The van der Waals surface area contributed by atoms with Crippen LogP contribution in [0.5, 0.6) is 0 Å². The van der Waals surface area contributed by atoms with Crippen molar-refractivity contribution in [3.05, 3.63) is 28.4 Å². The van der Waals surface area contributed by atoms with E-state index in [1.165, 1.54) is 6.33 Å². The van der Waals surface area contributed by atoms with Crippen LogP contribution >= 0.6 is 0 Å². The Morgan fingerprint density at radius 3 is 2.95 bits per heavy atom. The quantitative estimate of drug-likeness (QED) is 0.685. The molecule has 2 aromatic heterocycles. The summed E-state index contributed by atoms with van der Waals surface area (Å²) in [5.41, 5.74) is 1.97. The van der Waals surface area contributed by atoms with Crippen LogP contribution in [-0.2, 0) is 0 Å². The SMILES string of the molecule is CCCCC1NC(c2c[nH]c3c(=O)[nH]cnc23)C(C)C1O. The molecule has 2 aromatic rings. The van der Waals surface area contributed by atoms with Crippen molar-refractivity contribution in [2.24, 2.45) is 5.92 Å². The van der Waals surface area contributed by atoms with Crippen molar-refractivity contribution in [2.45, 2.75) is 51.3 Å². The molecule has 4 N–H and O–H groups in total. The van der Waals surface area contributed by atoms with Gasteiger partial charge in [0.15, 0.2) is 0 Å². The van der Waals surface area contributed by atoms with E-state index in [1.54, 1.807) is 0 Å². The van der Waals surface area contributed by atoms with Crippen molar-refractivity contribution in [1.29, 1.82) is 0 Å². The van der Waals surface area contributed by atoms with Crippen LogP contribution < -0.4 is 10.9 Å². The molecule has 114 valence electrons. The van der Waals surface area contributed by atoms with Crippen LogP contribution in [0.4, 0.5) is 0 Å². The molecule has 0 aromatic carbocycles. The highest BCUT2D eigenvalue weighted by molar-refractivity contribution is 5.78. The van der Waals surface area contributed by atoms with Gasteiger partial charge in [0.05, 0.1) is 12.4 Å². The number of fused-ring (bicyclic) bond motifs is 1. The maximum atomic E-state index is 11.8. The Morgan fingerprint density at radius 1 is 1.38 bits per heavy atom. The second-order valence-corrected chi connectivity index (χ2v) is 5.94. The number of unbranched alkanes of at least 4 members (excludes halogenated alkanes) is 1. The van der Waals surface area contributed by atoms with E-state index in [-0.39, 0.29) is 29.7 Å². The van der Waals surface area contributed by atoms with Gasteiger partial charge in [-0.3, -0.25) is 4.79 Å². The number of aromatic amines is 2. The fraction of sp³-hybridized carbons (Fsp3) is 0.600. The zero-order chi connectivity index (χ0) is 15.0. The Labute approximate surface area is 123 Å². The minimum Gasteiger partial charge on any atom is -0.391 e. The summed E-state index contributed by atoms with van der Waals surface area (Å²) in [7, 11) is 0. The van der Waals surface area contributed by atoms with E-state index in [9.17, 15) is 9.90 Å². The molecule has 1 aliphatic rings. The Morgan fingerprint density at radius 2 is 2.19 bits per heavy atom. The lowest BCUT2D eigenvalue weighted by atomic mass is 9.93. The zero-order valence-electron chi connectivity index (χ0n) is 12.4. The van der Waals surface area contributed by atoms with E-state index in [0.29, 0.717) is 11.0 Å². The van der Waals surface area contributed by atoms with Gasteiger partial charge >= 0.3 is 0 Å². The molecule has 3 heterocycles. The van der Waals surface area contributed by atoms with Crippen molar-refractivity contribution in [2.75, 3.05) is 0 Å². The van der Waals surface area contributed by atoms with Gasteiger partial charge in [0.1, 0.15) is 11.0 Å². The number of aliphatic hydroxyl groups excluding tert-OH is 1. The number of hydrogen-bond donors (Lipinski definition) is 4. The summed E-state index contributed by atoms with van der Waals surface area (Å²) in [6.07, 6.45) is 6.07. The van der Waals surface area contributed by atoms with Gasteiger partial charge in [0, 0.05) is 29.8 Å². The first-order chi connectivity index (χ1) is 10.1. The summed E-state index contributed by atoms with van der Waals surface area (Å²) in [5.74, 6) is 0.0898. The van der Waals surface area contributed by atoms with E-state index in [0.717, 1.165) is 24.8 Å². The highest BCUT2D eigenvalue weighted by Crippen LogP contribution is 2.36. The number of rotatable bonds is 4. The van der Waals surface area contributed by atoms with Crippen LogP contribution in [0.1, 0.15) is 44.7 Å². The smallest absolute Gasteiger partial charge is 0.275 e. The second kappa shape index (κ2) is 5.61. The van der Waals surface area contributed by atoms with E-state index >= 15 is 0 Å². The van der Waals surface area contributed by atoms with Gasteiger partial charge in [0.25, 0.3) is 5.56 Å². The molecular weight excluding hydrogens is 268 g/mol.